The molecule has 0 amide bonds. The van der Waals surface area contributed by atoms with Crippen LogP contribution in [0.15, 0.2) is 115 Å². The van der Waals surface area contributed by atoms with Gasteiger partial charge in [0.2, 0.25) is 0 Å². The van der Waals surface area contributed by atoms with Gasteiger partial charge in [0.05, 0.1) is 37.8 Å². The quantitative estimate of drug-likeness (QED) is 0.177. The summed E-state index contributed by atoms with van der Waals surface area (Å²) in [6, 6.07) is 37.6. The van der Waals surface area contributed by atoms with Crippen molar-refractivity contribution in [2.24, 2.45) is 0 Å². The predicted molar refractivity (Wildman–Crippen MR) is 169 cm³/mol. The number of aromatic nitrogens is 1. The van der Waals surface area contributed by atoms with Crippen molar-refractivity contribution >= 4 is 21.5 Å². The van der Waals surface area contributed by atoms with E-state index in [2.05, 4.69) is 17.1 Å². The number of hydrogen-bond donors (Lipinski definition) is 0. The maximum absolute atomic E-state index is 6.52. The Balaban J connectivity index is 1.25. The summed E-state index contributed by atoms with van der Waals surface area (Å²) < 4.78 is 37.3. The van der Waals surface area contributed by atoms with Crippen LogP contribution < -0.4 is 18.9 Å². The molecule has 0 unspecified atom stereocenters. The molecule has 0 saturated carbocycles. The normalized spacial score (nSPS) is 14.4. The second-order valence-electron chi connectivity index (χ2n) is 10.4. The monoisotopic (exact) mass is 585 g/mol. The first-order valence-electron chi connectivity index (χ1n) is 14.6. The number of ether oxygens (including phenoxy) is 6. The number of rotatable bonds is 0. The minimum absolute atomic E-state index is 0.341. The zero-order chi connectivity index (χ0) is 29.6. The summed E-state index contributed by atoms with van der Waals surface area (Å²) in [5, 5.41) is 4.17. The third kappa shape index (κ3) is 6.44. The number of nitrogens with zero attached hydrogens (tertiary/aromatic N) is 1. The van der Waals surface area contributed by atoms with E-state index < -0.39 is 0 Å². The third-order valence-corrected chi connectivity index (χ3v) is 7.25. The Kier molecular flexibility index (Phi) is 8.21. The van der Waals surface area contributed by atoms with Crippen LogP contribution in [-0.4, -0.2) is 31.4 Å². The Labute approximate surface area is 255 Å². The van der Waals surface area contributed by atoms with Gasteiger partial charge in [-0.25, -0.2) is 0 Å². The molecule has 2 bridgehead atoms. The van der Waals surface area contributed by atoms with Gasteiger partial charge >= 0.3 is 0 Å². The summed E-state index contributed by atoms with van der Waals surface area (Å²) in [6.07, 6.45) is 0. The molecule has 6 aromatic rings. The van der Waals surface area contributed by atoms with Crippen LogP contribution in [0.5, 0.6) is 34.5 Å². The highest BCUT2D eigenvalue weighted by Gasteiger charge is 2.16. The molecule has 0 spiro atoms. The predicted octanol–water partition coefficient (Wildman–Crippen LogP) is 8.48. The van der Waals surface area contributed by atoms with Crippen LogP contribution in [0.25, 0.3) is 21.5 Å². The Morgan fingerprint density at radius 1 is 0.386 bits per heavy atom. The summed E-state index contributed by atoms with van der Waals surface area (Å²) in [7, 11) is 0. The molecule has 1 aliphatic heterocycles. The van der Waals surface area contributed by atoms with Gasteiger partial charge in [-0.3, -0.25) is 4.98 Å². The minimum Gasteiger partial charge on any atom is -0.487 e. The maximum Gasteiger partial charge on any atom is 0.170 e. The molecule has 5 aromatic carbocycles. The Hall–Kier alpha value is -5.11. The van der Waals surface area contributed by atoms with Crippen molar-refractivity contribution in [2.45, 2.75) is 13.2 Å². The van der Waals surface area contributed by atoms with E-state index in [9.17, 15) is 0 Å². The average molecular weight is 586 g/mol. The van der Waals surface area contributed by atoms with Gasteiger partial charge in [0, 0.05) is 0 Å². The smallest absolute Gasteiger partial charge is 0.170 e. The van der Waals surface area contributed by atoms with E-state index in [1.807, 2.05) is 103 Å². The number of fused-ring (bicyclic) bond motifs is 7. The van der Waals surface area contributed by atoms with Crippen molar-refractivity contribution in [1.29, 1.82) is 0 Å². The van der Waals surface area contributed by atoms with Crippen molar-refractivity contribution in [3.05, 3.63) is 127 Å². The average Bonchev–Trinajstić information content (AvgIpc) is 3.05. The van der Waals surface area contributed by atoms with Crippen molar-refractivity contribution < 1.29 is 28.4 Å². The van der Waals surface area contributed by atoms with Crippen LogP contribution >= 0.6 is 0 Å². The summed E-state index contributed by atoms with van der Waals surface area (Å²) in [5.41, 5.74) is 1.66. The van der Waals surface area contributed by atoms with Crippen LogP contribution in [0.1, 0.15) is 11.4 Å². The Morgan fingerprint density at radius 2 is 0.795 bits per heavy atom. The number of pyridine rings is 1. The number of para-hydroxylation sites is 2. The highest BCUT2D eigenvalue weighted by Crippen LogP contribution is 2.42. The van der Waals surface area contributed by atoms with Gasteiger partial charge in [-0.15, -0.1) is 0 Å². The van der Waals surface area contributed by atoms with Crippen molar-refractivity contribution in [3.63, 3.8) is 0 Å². The molecule has 0 radical (unpaired) electrons. The largest absolute Gasteiger partial charge is 0.487 e. The molecule has 0 atom stereocenters. The first-order chi connectivity index (χ1) is 21.8. The molecule has 220 valence electrons. The molecule has 7 heteroatoms. The zero-order valence-corrected chi connectivity index (χ0v) is 24.1. The van der Waals surface area contributed by atoms with Crippen LogP contribution in [0.3, 0.4) is 0 Å². The Morgan fingerprint density at radius 3 is 1.25 bits per heavy atom. The van der Waals surface area contributed by atoms with Gasteiger partial charge in [-0.1, -0.05) is 66.7 Å². The lowest BCUT2D eigenvalue weighted by molar-refractivity contribution is 0.0814. The first kappa shape index (κ1) is 27.7. The second kappa shape index (κ2) is 13.0. The van der Waals surface area contributed by atoms with Gasteiger partial charge in [-0.05, 0) is 70.1 Å². The van der Waals surface area contributed by atoms with Crippen molar-refractivity contribution in [3.8, 4) is 34.5 Å². The number of hydrogen-bond acceptors (Lipinski definition) is 7. The highest BCUT2D eigenvalue weighted by atomic mass is 16.6. The topological polar surface area (TPSA) is 68.3 Å². The zero-order valence-electron chi connectivity index (χ0n) is 24.1. The minimum atomic E-state index is 0.341. The van der Waals surface area contributed by atoms with E-state index in [-0.39, 0.29) is 0 Å². The molecule has 0 saturated heterocycles. The standard InChI is InChI=1S/C37H31NO6/c1-3-10-28-22-36-34(20-26(28)8-1)41-18-16-39-24-30-12-7-13-31(38-30)25-40-17-19-42-35-21-27-9-2-4-11-29(27)23-37(35)44-33-15-6-5-14-32(33)43-36/h1-15,20-23H,16-19,24-25H2. The summed E-state index contributed by atoms with van der Waals surface area (Å²) in [6.45, 7) is 2.20. The van der Waals surface area contributed by atoms with E-state index in [1.165, 1.54) is 0 Å². The highest BCUT2D eigenvalue weighted by molar-refractivity contribution is 5.87. The van der Waals surface area contributed by atoms with Crippen LogP contribution in [0.2, 0.25) is 0 Å². The molecular formula is C37H31NO6. The Bertz CT molecular complexity index is 1770. The van der Waals surface area contributed by atoms with E-state index in [0.29, 0.717) is 74.1 Å². The first-order valence-corrected chi connectivity index (χ1v) is 14.6. The molecule has 2 heterocycles. The van der Waals surface area contributed by atoms with E-state index >= 15 is 0 Å². The molecule has 44 heavy (non-hydrogen) atoms. The molecular weight excluding hydrogens is 554 g/mol. The van der Waals surface area contributed by atoms with Gasteiger partial charge in [0.15, 0.2) is 34.5 Å². The molecule has 7 rings (SSSR count). The molecule has 1 aromatic heterocycles. The maximum atomic E-state index is 6.52. The summed E-state index contributed by atoms with van der Waals surface area (Å²) >= 11 is 0. The SMILES string of the molecule is c1cc2nc(c1)COCCOc1cc3ccccc3cc1Oc1ccccc1Oc1cc3ccccc3cc1OCCOC2. The van der Waals surface area contributed by atoms with Crippen LogP contribution in [0, 0.1) is 0 Å². The van der Waals surface area contributed by atoms with E-state index in [1.54, 1.807) is 0 Å². The van der Waals surface area contributed by atoms with Gasteiger partial charge < -0.3 is 28.4 Å². The lowest BCUT2D eigenvalue weighted by Crippen LogP contribution is -2.09. The van der Waals surface area contributed by atoms with Crippen LogP contribution in [0.4, 0.5) is 0 Å². The molecule has 7 nitrogen and oxygen atoms in total. The lowest BCUT2D eigenvalue weighted by atomic mass is 10.1. The van der Waals surface area contributed by atoms with Crippen LogP contribution in [-0.2, 0) is 22.7 Å². The van der Waals surface area contributed by atoms with Crippen molar-refractivity contribution in [2.75, 3.05) is 26.4 Å². The van der Waals surface area contributed by atoms with Gasteiger partial charge in [0.1, 0.15) is 13.2 Å². The molecule has 0 fully saturated rings. The molecule has 1 aliphatic rings. The fraction of sp³-hybridized carbons (Fsp3) is 0.162. The molecule has 0 N–H and O–H groups in total. The molecule has 0 aliphatic carbocycles. The number of benzene rings is 5. The van der Waals surface area contributed by atoms with Gasteiger partial charge in [-0.2, -0.15) is 0 Å². The van der Waals surface area contributed by atoms with Gasteiger partial charge in [0.25, 0.3) is 0 Å². The lowest BCUT2D eigenvalue weighted by Gasteiger charge is -2.18. The fourth-order valence-corrected chi connectivity index (χ4v) is 5.10. The van der Waals surface area contributed by atoms with E-state index in [0.717, 1.165) is 32.9 Å². The second-order valence-corrected chi connectivity index (χ2v) is 10.4. The summed E-state index contributed by atoms with van der Waals surface area (Å²) in [5.74, 6) is 3.46. The summed E-state index contributed by atoms with van der Waals surface area (Å²) in [4.78, 5) is 4.67. The third-order valence-electron chi connectivity index (χ3n) is 7.25. The van der Waals surface area contributed by atoms with E-state index in [4.69, 9.17) is 28.4 Å². The fourth-order valence-electron chi connectivity index (χ4n) is 5.10. The van der Waals surface area contributed by atoms with Crippen molar-refractivity contribution in [1.82, 2.24) is 4.98 Å².